The molecule has 0 fully saturated rings. The summed E-state index contributed by atoms with van der Waals surface area (Å²) in [5.74, 6) is 1.32. The van der Waals surface area contributed by atoms with Gasteiger partial charge in [0.15, 0.2) is 5.16 Å². The van der Waals surface area contributed by atoms with Crippen molar-refractivity contribution in [1.29, 1.82) is 0 Å². The monoisotopic (exact) mass is 375 g/mol. The first-order valence-electron chi connectivity index (χ1n) is 8.73. The van der Waals surface area contributed by atoms with Crippen LogP contribution < -0.4 is 10.1 Å². The second kappa shape index (κ2) is 8.55. The molecule has 1 aliphatic rings. The molecule has 1 unspecified atom stereocenters. The summed E-state index contributed by atoms with van der Waals surface area (Å²) in [6.45, 7) is 7.27. The highest BCUT2D eigenvalue weighted by Crippen LogP contribution is 2.25. The molecule has 2 aromatic rings. The molecule has 0 saturated carbocycles. The normalized spacial score (nSPS) is 17.3. The number of nitrogens with one attached hydrogen (secondary N) is 1. The van der Waals surface area contributed by atoms with Crippen LogP contribution in [0.4, 0.5) is 0 Å². The van der Waals surface area contributed by atoms with Crippen LogP contribution >= 0.6 is 11.8 Å². The fraction of sp³-hybridized carbons (Fsp3) is 0.500. The van der Waals surface area contributed by atoms with Crippen LogP contribution in [0.1, 0.15) is 18.1 Å². The molecule has 140 valence electrons. The van der Waals surface area contributed by atoms with E-state index in [-0.39, 0.29) is 12.0 Å². The Balaban J connectivity index is 1.46. The number of rotatable bonds is 6. The minimum absolute atomic E-state index is 0.00775. The number of amides is 1. The molecular formula is C18H25N5O2S. The molecular weight excluding hydrogens is 350 g/mol. The van der Waals surface area contributed by atoms with Gasteiger partial charge >= 0.3 is 0 Å². The molecule has 1 amide bonds. The molecule has 2 heterocycles. The van der Waals surface area contributed by atoms with Gasteiger partial charge < -0.3 is 14.6 Å². The first kappa shape index (κ1) is 18.7. The van der Waals surface area contributed by atoms with Crippen LogP contribution in [-0.2, 0) is 18.4 Å². The van der Waals surface area contributed by atoms with E-state index in [1.54, 1.807) is 10.9 Å². The smallest absolute Gasteiger partial charge is 0.230 e. The molecule has 0 radical (unpaired) electrons. The van der Waals surface area contributed by atoms with Gasteiger partial charge in [0.1, 0.15) is 18.2 Å². The molecule has 1 aromatic heterocycles. The van der Waals surface area contributed by atoms with Crippen LogP contribution in [0.15, 0.2) is 29.7 Å². The minimum Gasteiger partial charge on any atom is -0.489 e. The Kier molecular flexibility index (Phi) is 6.16. The van der Waals surface area contributed by atoms with Gasteiger partial charge in [0, 0.05) is 38.8 Å². The Hall–Kier alpha value is -2.06. The van der Waals surface area contributed by atoms with Crippen molar-refractivity contribution in [2.45, 2.75) is 31.7 Å². The van der Waals surface area contributed by atoms with Gasteiger partial charge in [-0.25, -0.2) is 0 Å². The van der Waals surface area contributed by atoms with E-state index in [9.17, 15) is 4.79 Å². The number of fused-ring (bicyclic) bond motifs is 1. The maximum atomic E-state index is 12.0. The number of ether oxygens (including phenoxy) is 1. The molecule has 1 atom stereocenters. The zero-order valence-corrected chi connectivity index (χ0v) is 16.3. The minimum atomic E-state index is 0.00775. The van der Waals surface area contributed by atoms with E-state index in [2.05, 4.69) is 52.5 Å². The van der Waals surface area contributed by atoms with Crippen molar-refractivity contribution < 1.29 is 9.53 Å². The number of nitrogens with zero attached hydrogens (tertiary/aromatic N) is 4. The van der Waals surface area contributed by atoms with Crippen LogP contribution in [-0.4, -0.2) is 57.1 Å². The highest BCUT2D eigenvalue weighted by atomic mass is 32.2. The summed E-state index contributed by atoms with van der Waals surface area (Å²) in [6, 6.07) is 6.31. The number of thioether (sulfide) groups is 1. The van der Waals surface area contributed by atoms with Gasteiger partial charge in [0.25, 0.3) is 0 Å². The van der Waals surface area contributed by atoms with Crippen molar-refractivity contribution in [3.63, 3.8) is 0 Å². The van der Waals surface area contributed by atoms with E-state index in [0.717, 1.165) is 30.5 Å². The van der Waals surface area contributed by atoms with Crippen molar-refractivity contribution in [1.82, 2.24) is 25.0 Å². The first-order valence-corrected chi connectivity index (χ1v) is 9.72. The van der Waals surface area contributed by atoms with Crippen molar-refractivity contribution in [3.8, 4) is 5.75 Å². The number of hydrogen-bond donors (Lipinski definition) is 1. The number of aryl methyl sites for hydroxylation is 2. The fourth-order valence-corrected chi connectivity index (χ4v) is 3.70. The summed E-state index contributed by atoms with van der Waals surface area (Å²) in [4.78, 5) is 14.4. The lowest BCUT2D eigenvalue weighted by Crippen LogP contribution is -2.38. The Bertz CT molecular complexity index is 764. The Labute approximate surface area is 158 Å². The molecule has 3 rings (SSSR count). The lowest BCUT2D eigenvalue weighted by molar-refractivity contribution is -0.118. The molecule has 0 spiro atoms. The highest BCUT2D eigenvalue weighted by molar-refractivity contribution is 7.99. The Morgan fingerprint density at radius 3 is 3.08 bits per heavy atom. The zero-order valence-electron chi connectivity index (χ0n) is 15.4. The van der Waals surface area contributed by atoms with Gasteiger partial charge in [0.05, 0.1) is 5.75 Å². The van der Waals surface area contributed by atoms with Crippen LogP contribution in [0.3, 0.4) is 0 Å². The van der Waals surface area contributed by atoms with Crippen LogP contribution in [0.25, 0.3) is 0 Å². The quantitative estimate of drug-likeness (QED) is 0.774. The van der Waals surface area contributed by atoms with Gasteiger partial charge in [-0.2, -0.15) is 0 Å². The van der Waals surface area contributed by atoms with Crippen LogP contribution in [0.5, 0.6) is 5.75 Å². The van der Waals surface area contributed by atoms with E-state index in [1.807, 2.05) is 7.05 Å². The lowest BCUT2D eigenvalue weighted by atomic mass is 10.1. The predicted octanol–water partition coefficient (Wildman–Crippen LogP) is 1.61. The Morgan fingerprint density at radius 2 is 2.31 bits per heavy atom. The van der Waals surface area contributed by atoms with E-state index in [4.69, 9.17) is 4.74 Å². The number of benzene rings is 1. The van der Waals surface area contributed by atoms with Gasteiger partial charge in [-0.1, -0.05) is 29.5 Å². The van der Waals surface area contributed by atoms with Crippen molar-refractivity contribution in [2.75, 3.05) is 25.4 Å². The van der Waals surface area contributed by atoms with Crippen molar-refractivity contribution in [2.24, 2.45) is 7.05 Å². The summed E-state index contributed by atoms with van der Waals surface area (Å²) in [5.41, 5.74) is 2.44. The molecule has 1 aromatic carbocycles. The first-order chi connectivity index (χ1) is 12.5. The van der Waals surface area contributed by atoms with Gasteiger partial charge in [-0.05, 0) is 19.9 Å². The Morgan fingerprint density at radius 1 is 1.46 bits per heavy atom. The number of carbonyl (C=O) groups is 1. The summed E-state index contributed by atoms with van der Waals surface area (Å²) < 4.78 is 7.81. The van der Waals surface area contributed by atoms with Gasteiger partial charge in [-0.15, -0.1) is 10.2 Å². The maximum absolute atomic E-state index is 12.0. The average molecular weight is 375 g/mol. The zero-order chi connectivity index (χ0) is 18.5. The molecule has 7 nitrogen and oxygen atoms in total. The molecule has 1 aliphatic heterocycles. The second-order valence-electron chi connectivity index (χ2n) is 6.64. The molecule has 0 aliphatic carbocycles. The average Bonchev–Trinajstić information content (AvgIpc) is 2.92. The number of hydrogen-bond acceptors (Lipinski definition) is 6. The molecule has 0 bridgehead atoms. The lowest BCUT2D eigenvalue weighted by Gasteiger charge is -2.21. The fourth-order valence-electron chi connectivity index (χ4n) is 2.98. The SMILES string of the molecule is Cc1ccc2c(c1)CN(CCNC(=O)CSc1nncn1C)CC(C)O2. The topological polar surface area (TPSA) is 72.3 Å². The van der Waals surface area contributed by atoms with E-state index < -0.39 is 0 Å². The van der Waals surface area contributed by atoms with Crippen LogP contribution in [0.2, 0.25) is 0 Å². The standard InChI is InChI=1S/C18H25N5O2S/c1-13-4-5-16-15(8-13)10-23(9-14(2)25-16)7-6-19-17(24)11-26-18-21-20-12-22(18)3/h4-5,8,12,14H,6-7,9-11H2,1-3H3,(H,19,24). The third-order valence-corrected chi connectivity index (χ3v) is 5.24. The third-order valence-electron chi connectivity index (χ3n) is 4.21. The van der Waals surface area contributed by atoms with Crippen molar-refractivity contribution >= 4 is 17.7 Å². The third kappa shape index (κ3) is 4.98. The van der Waals surface area contributed by atoms with E-state index in [0.29, 0.717) is 12.3 Å². The van der Waals surface area contributed by atoms with Gasteiger partial charge in [-0.3, -0.25) is 9.69 Å². The van der Waals surface area contributed by atoms with E-state index >= 15 is 0 Å². The predicted molar refractivity (Wildman–Crippen MR) is 101 cm³/mol. The molecule has 26 heavy (non-hydrogen) atoms. The maximum Gasteiger partial charge on any atom is 0.230 e. The largest absolute Gasteiger partial charge is 0.489 e. The number of carbonyl (C=O) groups excluding carboxylic acids is 1. The summed E-state index contributed by atoms with van der Waals surface area (Å²) in [6.07, 6.45) is 1.75. The molecule has 1 N–H and O–H groups in total. The highest BCUT2D eigenvalue weighted by Gasteiger charge is 2.20. The van der Waals surface area contributed by atoms with E-state index in [1.165, 1.54) is 22.9 Å². The second-order valence-corrected chi connectivity index (χ2v) is 7.58. The summed E-state index contributed by atoms with van der Waals surface area (Å²) in [5, 5.41) is 11.5. The molecule has 8 heteroatoms. The van der Waals surface area contributed by atoms with Crippen LogP contribution in [0, 0.1) is 6.92 Å². The number of aromatic nitrogens is 3. The summed E-state index contributed by atoms with van der Waals surface area (Å²) in [7, 11) is 1.86. The summed E-state index contributed by atoms with van der Waals surface area (Å²) >= 11 is 1.39. The van der Waals surface area contributed by atoms with Crippen molar-refractivity contribution in [3.05, 3.63) is 35.7 Å². The molecule has 0 saturated heterocycles. The van der Waals surface area contributed by atoms with Gasteiger partial charge in [0.2, 0.25) is 5.91 Å².